The number of imidazole rings is 1. The van der Waals surface area contributed by atoms with Crippen molar-refractivity contribution in [3.63, 3.8) is 0 Å². The minimum absolute atomic E-state index is 0.0709. The predicted octanol–water partition coefficient (Wildman–Crippen LogP) is 3.88. The number of carbonyl (C=O) groups excluding carboxylic acids is 1. The first kappa shape index (κ1) is 26.9. The normalized spacial score (nSPS) is 15.5. The summed E-state index contributed by atoms with van der Waals surface area (Å²) in [5.74, 6) is -0.383. The molecule has 1 saturated heterocycles. The van der Waals surface area contributed by atoms with Gasteiger partial charge in [0.25, 0.3) is 0 Å². The number of likely N-dealkylation sites (tertiary alicyclic amines) is 1. The van der Waals surface area contributed by atoms with Gasteiger partial charge in [-0.05, 0) is 50.0 Å². The van der Waals surface area contributed by atoms with E-state index in [9.17, 15) is 9.18 Å². The van der Waals surface area contributed by atoms with Gasteiger partial charge in [-0.2, -0.15) is 9.47 Å². The zero-order chi connectivity index (χ0) is 28.3. The third kappa shape index (κ3) is 5.94. The molecular formula is C27H29FN10O2S. The van der Waals surface area contributed by atoms with Crippen molar-refractivity contribution in [3.05, 3.63) is 66.5 Å². The topological polar surface area (TPSA) is 127 Å². The summed E-state index contributed by atoms with van der Waals surface area (Å²) in [6, 6.07) is 3.90. The number of aromatic nitrogens is 7. The smallest absolute Gasteiger partial charge is 0.246 e. The molecular weight excluding hydrogens is 547 g/mol. The highest BCUT2D eigenvalue weighted by Gasteiger charge is 2.25. The monoisotopic (exact) mass is 576 g/mol. The second-order valence-electron chi connectivity index (χ2n) is 9.93. The Bertz CT molecular complexity index is 1680. The molecule has 0 saturated carbocycles. The molecule has 0 spiro atoms. The fraction of sp³-hybridized carbons (Fsp3) is 0.333. The van der Waals surface area contributed by atoms with Crippen molar-refractivity contribution < 1.29 is 13.9 Å². The summed E-state index contributed by atoms with van der Waals surface area (Å²) < 4.78 is 27.3. The van der Waals surface area contributed by atoms with E-state index in [0.717, 1.165) is 60.0 Å². The van der Waals surface area contributed by atoms with Gasteiger partial charge in [0, 0.05) is 43.9 Å². The highest BCUT2D eigenvalue weighted by molar-refractivity contribution is 7.10. The molecule has 0 radical (unpaired) electrons. The molecule has 1 atom stereocenters. The van der Waals surface area contributed by atoms with Gasteiger partial charge in [0.1, 0.15) is 11.5 Å². The van der Waals surface area contributed by atoms with E-state index in [4.69, 9.17) is 9.72 Å². The summed E-state index contributed by atoms with van der Waals surface area (Å²) in [5, 5.41) is 11.1. The lowest BCUT2D eigenvalue weighted by molar-refractivity contribution is -0.116. The van der Waals surface area contributed by atoms with Crippen LogP contribution in [0.1, 0.15) is 24.2 Å². The zero-order valence-corrected chi connectivity index (χ0v) is 23.4. The summed E-state index contributed by atoms with van der Waals surface area (Å²) in [6.07, 6.45) is 11.8. The number of methoxy groups -OCH3 is 1. The Balaban J connectivity index is 1.17. The Kier molecular flexibility index (Phi) is 7.67. The molecule has 1 fully saturated rings. The summed E-state index contributed by atoms with van der Waals surface area (Å²) >= 11 is 1.40. The van der Waals surface area contributed by atoms with Crippen LogP contribution in [0, 0.1) is 12.7 Å². The molecule has 6 rings (SSSR count). The number of amides is 1. The first-order chi connectivity index (χ1) is 20.0. The number of nitrogens with one attached hydrogen (secondary N) is 2. The zero-order valence-electron chi connectivity index (χ0n) is 22.6. The fourth-order valence-electron chi connectivity index (χ4n) is 5.06. The molecule has 0 aliphatic carbocycles. The van der Waals surface area contributed by atoms with Crippen LogP contribution < -0.4 is 10.6 Å². The number of hydrogen-bond donors (Lipinski definition) is 2. The van der Waals surface area contributed by atoms with Crippen molar-refractivity contribution >= 4 is 39.6 Å². The standard InChI is InChI=1S/C27H29FN10O2S/c1-17-12-38-23(18-9-31-37(13-18)15-24(39)33-22-5-6-29-10-21(22)28)11-30-27(38)26(32-17)34-25-8-19(35-41-25)14-36-7-3-4-20(36)16-40-2/h5-6,8-13,20H,3-4,7,14-16H2,1-2H3,(H,32,34)(H,29,33,39)/t20-/m0/s1. The fourth-order valence-corrected chi connectivity index (χ4v) is 5.71. The lowest BCUT2D eigenvalue weighted by atomic mass is 10.2. The SMILES string of the molecule is COC[C@@H]1CCCN1Cc1cc(Nc2nc(C)cn3c(-c4cnn(CC(=O)Nc5ccncc5F)c4)cnc23)sn1. The average molecular weight is 577 g/mol. The van der Waals surface area contributed by atoms with E-state index in [1.165, 1.54) is 34.9 Å². The molecule has 12 nitrogen and oxygen atoms in total. The van der Waals surface area contributed by atoms with Crippen molar-refractivity contribution in [2.45, 2.75) is 38.9 Å². The first-order valence-electron chi connectivity index (χ1n) is 13.2. The van der Waals surface area contributed by atoms with Crippen LogP contribution in [-0.4, -0.2) is 70.6 Å². The Morgan fingerprint density at radius 3 is 3.02 bits per heavy atom. The number of ether oxygens (including phenoxy) is 1. The van der Waals surface area contributed by atoms with Gasteiger partial charge in [-0.15, -0.1) is 0 Å². The minimum Gasteiger partial charge on any atom is -0.383 e. The van der Waals surface area contributed by atoms with Crippen LogP contribution in [0.15, 0.2) is 49.3 Å². The maximum Gasteiger partial charge on any atom is 0.246 e. The Morgan fingerprint density at radius 2 is 2.17 bits per heavy atom. The average Bonchev–Trinajstić information content (AvgIpc) is 3.75. The van der Waals surface area contributed by atoms with Gasteiger partial charge < -0.3 is 15.4 Å². The Morgan fingerprint density at radius 1 is 1.27 bits per heavy atom. The van der Waals surface area contributed by atoms with E-state index in [1.54, 1.807) is 25.7 Å². The molecule has 14 heteroatoms. The predicted molar refractivity (Wildman–Crippen MR) is 152 cm³/mol. The number of carbonyl (C=O) groups is 1. The van der Waals surface area contributed by atoms with Crippen LogP contribution in [0.5, 0.6) is 0 Å². The second kappa shape index (κ2) is 11.7. The first-order valence-corrected chi connectivity index (χ1v) is 14.0. The number of fused-ring (bicyclic) bond motifs is 1. The number of pyridine rings is 1. The third-order valence-electron chi connectivity index (χ3n) is 6.92. The number of halogens is 1. The molecule has 6 heterocycles. The molecule has 41 heavy (non-hydrogen) atoms. The van der Waals surface area contributed by atoms with Gasteiger partial charge >= 0.3 is 0 Å². The quantitative estimate of drug-likeness (QED) is 0.255. The maximum atomic E-state index is 13.8. The lowest BCUT2D eigenvalue weighted by Gasteiger charge is -2.22. The summed E-state index contributed by atoms with van der Waals surface area (Å²) in [7, 11) is 1.75. The van der Waals surface area contributed by atoms with E-state index in [2.05, 4.69) is 41.0 Å². The number of nitrogens with zero attached hydrogens (tertiary/aromatic N) is 8. The van der Waals surface area contributed by atoms with E-state index >= 15 is 0 Å². The largest absolute Gasteiger partial charge is 0.383 e. The van der Waals surface area contributed by atoms with Crippen LogP contribution >= 0.6 is 11.5 Å². The Labute approximate surface area is 239 Å². The highest BCUT2D eigenvalue weighted by Crippen LogP contribution is 2.29. The van der Waals surface area contributed by atoms with Crippen LogP contribution in [0.2, 0.25) is 0 Å². The molecule has 2 N–H and O–H groups in total. The number of rotatable bonds is 10. The van der Waals surface area contributed by atoms with Crippen molar-refractivity contribution in [3.8, 4) is 11.3 Å². The van der Waals surface area contributed by atoms with Crippen molar-refractivity contribution in [2.24, 2.45) is 0 Å². The third-order valence-corrected chi connectivity index (χ3v) is 7.66. The molecule has 5 aromatic rings. The van der Waals surface area contributed by atoms with E-state index in [1.807, 2.05) is 17.5 Å². The van der Waals surface area contributed by atoms with Crippen LogP contribution in [-0.2, 0) is 22.6 Å². The Hall–Kier alpha value is -4.27. The summed E-state index contributed by atoms with van der Waals surface area (Å²) in [6.45, 7) is 4.41. The molecule has 212 valence electrons. The van der Waals surface area contributed by atoms with Crippen LogP contribution in [0.3, 0.4) is 0 Å². The van der Waals surface area contributed by atoms with Crippen LogP contribution in [0.4, 0.5) is 20.9 Å². The minimum atomic E-state index is -0.599. The summed E-state index contributed by atoms with van der Waals surface area (Å²) in [4.78, 5) is 27.9. The summed E-state index contributed by atoms with van der Waals surface area (Å²) in [5.41, 5.74) is 4.10. The van der Waals surface area contributed by atoms with E-state index in [-0.39, 0.29) is 12.2 Å². The van der Waals surface area contributed by atoms with Crippen molar-refractivity contribution in [2.75, 3.05) is 30.9 Å². The molecule has 1 amide bonds. The molecule has 5 aromatic heterocycles. The number of anilines is 3. The van der Waals surface area contributed by atoms with Gasteiger partial charge in [-0.3, -0.25) is 23.8 Å². The maximum absolute atomic E-state index is 13.8. The van der Waals surface area contributed by atoms with Crippen LogP contribution in [0.25, 0.3) is 16.9 Å². The van der Waals surface area contributed by atoms with Gasteiger partial charge in [0.2, 0.25) is 5.91 Å². The number of aryl methyl sites for hydroxylation is 1. The van der Waals surface area contributed by atoms with Crippen molar-refractivity contribution in [1.82, 2.24) is 38.4 Å². The highest BCUT2D eigenvalue weighted by atomic mass is 32.1. The molecule has 0 aromatic carbocycles. The van der Waals surface area contributed by atoms with Crippen molar-refractivity contribution in [1.29, 1.82) is 0 Å². The van der Waals surface area contributed by atoms with Gasteiger partial charge in [0.05, 0.1) is 48.0 Å². The molecule has 0 bridgehead atoms. The molecule has 1 aliphatic heterocycles. The number of hydrogen-bond acceptors (Lipinski definition) is 10. The van der Waals surface area contributed by atoms with Gasteiger partial charge in [0.15, 0.2) is 17.3 Å². The second-order valence-corrected chi connectivity index (χ2v) is 10.7. The molecule has 1 aliphatic rings. The van der Waals surface area contributed by atoms with E-state index in [0.29, 0.717) is 17.5 Å². The van der Waals surface area contributed by atoms with Gasteiger partial charge in [-0.25, -0.2) is 14.4 Å². The molecule has 0 unspecified atom stereocenters. The lowest BCUT2D eigenvalue weighted by Crippen LogP contribution is -2.32. The van der Waals surface area contributed by atoms with Gasteiger partial charge in [-0.1, -0.05) is 0 Å². The van der Waals surface area contributed by atoms with E-state index < -0.39 is 11.7 Å².